The van der Waals surface area contributed by atoms with Gasteiger partial charge in [-0.2, -0.15) is 0 Å². The Hall–Kier alpha value is 0.790. The number of halogens is 3. The van der Waals surface area contributed by atoms with Crippen LogP contribution in [0, 0.1) is 0 Å². The van der Waals surface area contributed by atoms with Crippen LogP contribution in [0.5, 0.6) is 0 Å². The molecule has 0 amide bonds. The van der Waals surface area contributed by atoms with Gasteiger partial charge in [-0.05, 0) is 25.8 Å². The second kappa shape index (κ2) is 5.04. The van der Waals surface area contributed by atoms with Crippen molar-refractivity contribution in [2.24, 2.45) is 0 Å². The van der Waals surface area contributed by atoms with E-state index in [4.69, 9.17) is 34.8 Å². The molecule has 2 N–H and O–H groups in total. The summed E-state index contributed by atoms with van der Waals surface area (Å²) >= 11 is 16.7. The molecule has 1 rings (SSSR count). The maximum Gasteiger partial charge on any atom is 0.216 e. The zero-order chi connectivity index (χ0) is 9.90. The second-order valence-corrected chi connectivity index (χ2v) is 5.81. The summed E-state index contributed by atoms with van der Waals surface area (Å²) in [4.78, 5) is 0. The highest BCUT2D eigenvalue weighted by Gasteiger charge is 2.32. The topological polar surface area (TPSA) is 32.3 Å². The molecule has 0 aromatic rings. The molecule has 5 heteroatoms. The van der Waals surface area contributed by atoms with Crippen molar-refractivity contribution >= 4 is 34.8 Å². The summed E-state index contributed by atoms with van der Waals surface area (Å²) in [5.41, 5.74) is 0. The fourth-order valence-electron chi connectivity index (χ4n) is 1.53. The van der Waals surface area contributed by atoms with Crippen LogP contribution in [0.4, 0.5) is 0 Å². The maximum absolute atomic E-state index is 9.50. The predicted molar refractivity (Wildman–Crippen MR) is 56.6 cm³/mol. The van der Waals surface area contributed by atoms with Crippen LogP contribution in [0.2, 0.25) is 0 Å². The lowest BCUT2D eigenvalue weighted by molar-refractivity contribution is 0.146. The van der Waals surface area contributed by atoms with Gasteiger partial charge >= 0.3 is 0 Å². The molecule has 1 heterocycles. The third kappa shape index (κ3) is 4.22. The summed E-state index contributed by atoms with van der Waals surface area (Å²) < 4.78 is -1.56. The normalized spacial score (nSPS) is 27.2. The average molecular weight is 247 g/mol. The third-order valence-electron chi connectivity index (χ3n) is 2.30. The largest absolute Gasteiger partial charge is 0.389 e. The van der Waals surface area contributed by atoms with E-state index in [0.29, 0.717) is 12.5 Å². The minimum atomic E-state index is -1.56. The van der Waals surface area contributed by atoms with Gasteiger partial charge in [-0.3, -0.25) is 0 Å². The molecule has 0 aliphatic carbocycles. The van der Waals surface area contributed by atoms with Crippen molar-refractivity contribution in [2.75, 3.05) is 6.54 Å². The molecule has 0 radical (unpaired) electrons. The van der Waals surface area contributed by atoms with Gasteiger partial charge in [0, 0.05) is 6.04 Å². The number of hydrogen-bond donors (Lipinski definition) is 2. The van der Waals surface area contributed by atoms with Crippen LogP contribution in [0.1, 0.15) is 25.7 Å². The molecule has 0 aromatic carbocycles. The Morgan fingerprint density at radius 1 is 1.38 bits per heavy atom. The monoisotopic (exact) mass is 245 g/mol. The van der Waals surface area contributed by atoms with E-state index in [1.54, 1.807) is 0 Å². The molecule has 0 bridgehead atoms. The lowest BCUT2D eigenvalue weighted by atomic mass is 10.00. The van der Waals surface area contributed by atoms with Crippen LogP contribution in [-0.2, 0) is 0 Å². The zero-order valence-electron chi connectivity index (χ0n) is 7.27. The predicted octanol–water partition coefficient (Wildman–Crippen LogP) is 2.25. The van der Waals surface area contributed by atoms with Crippen molar-refractivity contribution in [3.63, 3.8) is 0 Å². The molecule has 1 fully saturated rings. The highest BCUT2D eigenvalue weighted by molar-refractivity contribution is 6.68. The Bertz CT molecular complexity index is 154. The summed E-state index contributed by atoms with van der Waals surface area (Å²) in [5.74, 6) is 0. The number of piperidine rings is 1. The number of aliphatic hydroxyl groups excluding tert-OH is 1. The Morgan fingerprint density at radius 3 is 2.54 bits per heavy atom. The lowest BCUT2D eigenvalue weighted by Crippen LogP contribution is -2.40. The molecule has 0 saturated carbocycles. The van der Waals surface area contributed by atoms with Crippen LogP contribution >= 0.6 is 34.8 Å². The van der Waals surface area contributed by atoms with E-state index in [1.807, 2.05) is 0 Å². The molecule has 2 unspecified atom stereocenters. The third-order valence-corrected chi connectivity index (χ3v) is 3.05. The molecular weight excluding hydrogens is 232 g/mol. The first-order valence-corrected chi connectivity index (χ1v) is 5.61. The molecule has 13 heavy (non-hydrogen) atoms. The molecule has 2 atom stereocenters. The van der Waals surface area contributed by atoms with Gasteiger partial charge < -0.3 is 10.4 Å². The van der Waals surface area contributed by atoms with Gasteiger partial charge in [0.05, 0.1) is 0 Å². The molecular formula is C8H14Cl3NO. The van der Waals surface area contributed by atoms with Crippen molar-refractivity contribution in [1.29, 1.82) is 0 Å². The number of nitrogens with one attached hydrogen (secondary N) is 1. The van der Waals surface area contributed by atoms with Gasteiger partial charge in [0.25, 0.3) is 0 Å². The zero-order valence-corrected chi connectivity index (χ0v) is 9.54. The van der Waals surface area contributed by atoms with Crippen LogP contribution in [0.25, 0.3) is 0 Å². The molecule has 0 spiro atoms. The molecule has 1 aliphatic heterocycles. The average Bonchev–Trinajstić information content (AvgIpc) is 2.04. The summed E-state index contributed by atoms with van der Waals surface area (Å²) in [6, 6.07) is 0.291. The van der Waals surface area contributed by atoms with Crippen molar-refractivity contribution in [3.8, 4) is 0 Å². The van der Waals surface area contributed by atoms with E-state index < -0.39 is 9.90 Å². The van der Waals surface area contributed by atoms with Crippen molar-refractivity contribution in [2.45, 2.75) is 41.6 Å². The van der Waals surface area contributed by atoms with Gasteiger partial charge in [0.1, 0.15) is 6.10 Å². The van der Waals surface area contributed by atoms with E-state index in [1.165, 1.54) is 12.8 Å². The van der Waals surface area contributed by atoms with Crippen molar-refractivity contribution in [1.82, 2.24) is 5.32 Å². The van der Waals surface area contributed by atoms with Gasteiger partial charge in [-0.25, -0.2) is 0 Å². The van der Waals surface area contributed by atoms with E-state index in [9.17, 15) is 5.11 Å². The standard InChI is InChI=1S/C8H14Cl3NO/c9-8(10,11)7(13)5-6-3-1-2-4-12-6/h6-7,12-13H,1-5H2. The van der Waals surface area contributed by atoms with E-state index in [2.05, 4.69) is 5.32 Å². The van der Waals surface area contributed by atoms with Crippen LogP contribution in [0.3, 0.4) is 0 Å². The van der Waals surface area contributed by atoms with E-state index in [0.717, 1.165) is 13.0 Å². The molecule has 1 saturated heterocycles. The Morgan fingerprint density at radius 2 is 2.08 bits per heavy atom. The summed E-state index contributed by atoms with van der Waals surface area (Å²) in [6.07, 6.45) is 3.06. The molecule has 2 nitrogen and oxygen atoms in total. The first-order valence-electron chi connectivity index (χ1n) is 4.48. The number of hydrogen-bond acceptors (Lipinski definition) is 2. The molecule has 1 aliphatic rings. The van der Waals surface area contributed by atoms with Crippen LogP contribution < -0.4 is 5.32 Å². The number of aliphatic hydroxyl groups is 1. The smallest absolute Gasteiger partial charge is 0.216 e. The van der Waals surface area contributed by atoms with Crippen molar-refractivity contribution in [3.05, 3.63) is 0 Å². The summed E-state index contributed by atoms with van der Waals surface area (Å²) in [7, 11) is 0. The number of rotatable bonds is 2. The quantitative estimate of drug-likeness (QED) is 0.733. The van der Waals surface area contributed by atoms with Gasteiger partial charge in [-0.1, -0.05) is 41.2 Å². The first-order chi connectivity index (χ1) is 6.00. The van der Waals surface area contributed by atoms with E-state index in [-0.39, 0.29) is 0 Å². The van der Waals surface area contributed by atoms with Crippen LogP contribution in [0.15, 0.2) is 0 Å². The highest BCUT2D eigenvalue weighted by Crippen LogP contribution is 2.33. The minimum absolute atomic E-state index is 0.291. The van der Waals surface area contributed by atoms with Crippen molar-refractivity contribution < 1.29 is 5.11 Å². The Kier molecular flexibility index (Phi) is 4.59. The fraction of sp³-hybridized carbons (Fsp3) is 1.00. The SMILES string of the molecule is OC(CC1CCCCN1)C(Cl)(Cl)Cl. The van der Waals surface area contributed by atoms with Gasteiger partial charge in [0.15, 0.2) is 0 Å². The molecule has 0 aromatic heterocycles. The van der Waals surface area contributed by atoms with Gasteiger partial charge in [0.2, 0.25) is 3.79 Å². The number of alkyl halides is 3. The fourth-order valence-corrected chi connectivity index (χ4v) is 1.80. The highest BCUT2D eigenvalue weighted by atomic mass is 35.6. The van der Waals surface area contributed by atoms with Crippen LogP contribution in [-0.4, -0.2) is 27.6 Å². The maximum atomic E-state index is 9.50. The first kappa shape index (κ1) is 11.9. The molecule has 78 valence electrons. The summed E-state index contributed by atoms with van der Waals surface area (Å²) in [5, 5.41) is 12.8. The minimum Gasteiger partial charge on any atom is -0.389 e. The summed E-state index contributed by atoms with van der Waals surface area (Å²) in [6.45, 7) is 0.997. The van der Waals surface area contributed by atoms with Gasteiger partial charge in [-0.15, -0.1) is 0 Å². The Balaban J connectivity index is 2.30. The lowest BCUT2D eigenvalue weighted by Gasteiger charge is -2.28. The second-order valence-electron chi connectivity index (χ2n) is 3.44. The Labute approximate surface area is 93.5 Å². The van der Waals surface area contributed by atoms with E-state index >= 15 is 0 Å².